The summed E-state index contributed by atoms with van der Waals surface area (Å²) in [6.07, 6.45) is 1.92. The molecule has 1 atom stereocenters. The number of fused-ring (bicyclic) bond motifs is 5. The van der Waals surface area contributed by atoms with Crippen LogP contribution in [0.25, 0.3) is 22.4 Å². The van der Waals surface area contributed by atoms with Crippen molar-refractivity contribution < 1.29 is 14.2 Å². The van der Waals surface area contributed by atoms with Crippen molar-refractivity contribution >= 4 is 8.07 Å². The predicted octanol–water partition coefficient (Wildman–Crippen LogP) is 6.36. The second-order valence-electron chi connectivity index (χ2n) is 10.1. The van der Waals surface area contributed by atoms with Gasteiger partial charge in [0.25, 0.3) is 0 Å². The van der Waals surface area contributed by atoms with Crippen LogP contribution in [0.15, 0.2) is 60.8 Å². The van der Waals surface area contributed by atoms with Gasteiger partial charge in [-0.25, -0.2) is 0 Å². The number of aromatic nitrogens is 1. The molecule has 0 aliphatic carbocycles. The lowest BCUT2D eigenvalue weighted by Crippen LogP contribution is -2.26. The number of nitrogens with zero attached hydrogens (tertiary/aromatic N) is 2. The van der Waals surface area contributed by atoms with Gasteiger partial charge >= 0.3 is 0 Å². The van der Waals surface area contributed by atoms with E-state index in [1.807, 2.05) is 24.3 Å². The molecular weight excluding hydrogens is 428 g/mol. The van der Waals surface area contributed by atoms with E-state index in [-0.39, 0.29) is 6.23 Å². The number of benzene rings is 2. The van der Waals surface area contributed by atoms with Crippen molar-refractivity contribution in [2.45, 2.75) is 31.9 Å². The fraction of sp³-hybridized carbons (Fsp3) is 0.407. The standard InChI is InChI=1S/C27H36N2O3Si/c1-28(2)16-17-31-26(20-30-18-19-33(3,4)5)29-15-14-22-21-10-6-8-12-24(21)32-25-13-9-7-11-23(25)27(22)29/h6-15,26H,16-20H2,1-5H3. The monoisotopic (exact) mass is 464 g/mol. The van der Waals surface area contributed by atoms with Crippen LogP contribution in [0.5, 0.6) is 11.5 Å². The summed E-state index contributed by atoms with van der Waals surface area (Å²) in [6.45, 7) is 9.91. The summed E-state index contributed by atoms with van der Waals surface area (Å²) in [5.41, 5.74) is 4.42. The smallest absolute Gasteiger partial charge is 0.157 e. The molecule has 0 N–H and O–H groups in total. The second-order valence-corrected chi connectivity index (χ2v) is 15.7. The van der Waals surface area contributed by atoms with E-state index in [2.05, 4.69) is 79.7 Å². The number of rotatable bonds is 10. The lowest BCUT2D eigenvalue weighted by atomic mass is 10.0. The van der Waals surface area contributed by atoms with Crippen molar-refractivity contribution in [3.8, 4) is 33.9 Å². The van der Waals surface area contributed by atoms with Gasteiger partial charge in [-0.3, -0.25) is 0 Å². The first-order valence-corrected chi connectivity index (χ1v) is 15.5. The van der Waals surface area contributed by atoms with Crippen molar-refractivity contribution in [3.05, 3.63) is 60.8 Å². The molecule has 0 saturated carbocycles. The Bertz CT molecular complexity index is 1070. The van der Waals surface area contributed by atoms with Gasteiger partial charge in [-0.2, -0.15) is 0 Å². The van der Waals surface area contributed by atoms with Gasteiger partial charge in [-0.05, 0) is 44.4 Å². The molecular formula is C27H36N2O3Si. The maximum Gasteiger partial charge on any atom is 0.157 e. The molecule has 33 heavy (non-hydrogen) atoms. The van der Waals surface area contributed by atoms with E-state index in [9.17, 15) is 0 Å². The van der Waals surface area contributed by atoms with Crippen molar-refractivity contribution in [1.82, 2.24) is 9.47 Å². The topological polar surface area (TPSA) is 35.9 Å². The zero-order valence-electron chi connectivity index (χ0n) is 20.5. The zero-order valence-corrected chi connectivity index (χ0v) is 21.5. The maximum atomic E-state index is 6.41. The molecule has 1 unspecified atom stereocenters. The van der Waals surface area contributed by atoms with E-state index in [1.165, 1.54) is 0 Å². The van der Waals surface area contributed by atoms with Crippen molar-refractivity contribution in [2.75, 3.05) is 40.5 Å². The molecule has 0 fully saturated rings. The third-order valence-corrected chi connectivity index (χ3v) is 7.57. The van der Waals surface area contributed by atoms with Gasteiger partial charge in [0.05, 0.1) is 18.9 Å². The van der Waals surface area contributed by atoms with Gasteiger partial charge in [0.2, 0.25) is 0 Å². The number of likely N-dealkylation sites (N-methyl/N-ethyl adjacent to an activating group) is 1. The van der Waals surface area contributed by atoms with E-state index in [0.717, 1.165) is 53.1 Å². The van der Waals surface area contributed by atoms with Gasteiger partial charge in [0, 0.05) is 44.1 Å². The number of ether oxygens (including phenoxy) is 3. The quantitative estimate of drug-likeness (QED) is 0.202. The average Bonchev–Trinajstić information content (AvgIpc) is 3.14. The first kappa shape index (κ1) is 23.8. The molecule has 0 radical (unpaired) electrons. The summed E-state index contributed by atoms with van der Waals surface area (Å²) in [4.78, 5) is 2.14. The van der Waals surface area contributed by atoms with Crippen molar-refractivity contribution in [2.24, 2.45) is 0 Å². The summed E-state index contributed by atoms with van der Waals surface area (Å²) in [5, 5.41) is 0. The van der Waals surface area contributed by atoms with Gasteiger partial charge in [-0.1, -0.05) is 50.0 Å². The highest BCUT2D eigenvalue weighted by Crippen LogP contribution is 2.47. The third-order valence-electron chi connectivity index (χ3n) is 5.87. The molecule has 0 bridgehead atoms. The minimum Gasteiger partial charge on any atom is -0.456 e. The highest BCUT2D eigenvalue weighted by atomic mass is 28.3. The Morgan fingerprint density at radius 2 is 1.55 bits per heavy atom. The lowest BCUT2D eigenvalue weighted by Gasteiger charge is -2.24. The molecule has 176 valence electrons. The van der Waals surface area contributed by atoms with Crippen LogP contribution in [0.3, 0.4) is 0 Å². The average molecular weight is 465 g/mol. The molecule has 1 aliphatic rings. The minimum absolute atomic E-state index is 0.214. The number of para-hydroxylation sites is 2. The Morgan fingerprint density at radius 1 is 0.879 bits per heavy atom. The van der Waals surface area contributed by atoms with Crippen LogP contribution >= 0.6 is 0 Å². The van der Waals surface area contributed by atoms with E-state index in [1.54, 1.807) is 0 Å². The summed E-state index contributed by atoms with van der Waals surface area (Å²) in [5.74, 6) is 1.73. The van der Waals surface area contributed by atoms with E-state index < -0.39 is 8.07 Å². The Balaban J connectivity index is 1.70. The van der Waals surface area contributed by atoms with Gasteiger partial charge in [0.15, 0.2) is 6.23 Å². The Labute approximate surface area is 198 Å². The van der Waals surface area contributed by atoms with Gasteiger partial charge in [0.1, 0.15) is 11.5 Å². The van der Waals surface area contributed by atoms with Crippen molar-refractivity contribution in [3.63, 3.8) is 0 Å². The Kier molecular flexibility index (Phi) is 7.39. The number of hydrogen-bond donors (Lipinski definition) is 0. The van der Waals surface area contributed by atoms with Crippen LogP contribution in [0, 0.1) is 0 Å². The highest BCUT2D eigenvalue weighted by molar-refractivity contribution is 6.76. The van der Waals surface area contributed by atoms with E-state index >= 15 is 0 Å². The summed E-state index contributed by atoms with van der Waals surface area (Å²) in [7, 11) is 2.98. The maximum absolute atomic E-state index is 6.41. The van der Waals surface area contributed by atoms with Gasteiger partial charge in [-0.15, -0.1) is 0 Å². The Hall–Kier alpha value is -2.38. The third kappa shape index (κ3) is 5.76. The first-order valence-electron chi connectivity index (χ1n) is 11.7. The summed E-state index contributed by atoms with van der Waals surface area (Å²) >= 11 is 0. The normalized spacial score (nSPS) is 13.6. The molecule has 0 spiro atoms. The van der Waals surface area contributed by atoms with Crippen LogP contribution in [0.4, 0.5) is 0 Å². The minimum atomic E-state index is -1.15. The van der Waals surface area contributed by atoms with Crippen LogP contribution in [-0.2, 0) is 9.47 Å². The largest absolute Gasteiger partial charge is 0.456 e. The molecule has 2 heterocycles. The van der Waals surface area contributed by atoms with Crippen LogP contribution in [0.1, 0.15) is 6.23 Å². The first-order chi connectivity index (χ1) is 15.8. The second kappa shape index (κ2) is 10.3. The lowest BCUT2D eigenvalue weighted by molar-refractivity contribution is -0.0574. The summed E-state index contributed by atoms with van der Waals surface area (Å²) in [6, 6.07) is 19.8. The predicted molar refractivity (Wildman–Crippen MR) is 138 cm³/mol. The summed E-state index contributed by atoms with van der Waals surface area (Å²) < 4.78 is 21.1. The Morgan fingerprint density at radius 3 is 2.24 bits per heavy atom. The fourth-order valence-corrected chi connectivity index (χ4v) is 4.74. The highest BCUT2D eigenvalue weighted by Gasteiger charge is 2.26. The van der Waals surface area contributed by atoms with E-state index in [4.69, 9.17) is 14.2 Å². The molecule has 5 nitrogen and oxygen atoms in total. The zero-order chi connectivity index (χ0) is 23.4. The molecule has 4 rings (SSSR count). The molecule has 2 aromatic carbocycles. The fourth-order valence-electron chi connectivity index (χ4n) is 3.98. The van der Waals surface area contributed by atoms with Crippen LogP contribution in [-0.4, -0.2) is 58.0 Å². The molecule has 6 heteroatoms. The molecule has 1 aliphatic heterocycles. The van der Waals surface area contributed by atoms with Gasteiger partial charge < -0.3 is 23.7 Å². The molecule has 1 aromatic heterocycles. The van der Waals surface area contributed by atoms with E-state index in [0.29, 0.717) is 13.2 Å². The SMILES string of the molecule is CN(C)CCOC(COCC[Si](C)(C)C)n1ccc2c1-c1ccccc1Oc1ccccc1-2. The number of hydrogen-bond acceptors (Lipinski definition) is 4. The van der Waals surface area contributed by atoms with Crippen LogP contribution in [0.2, 0.25) is 25.7 Å². The molecule has 3 aromatic rings. The molecule has 0 saturated heterocycles. The van der Waals surface area contributed by atoms with Crippen LogP contribution < -0.4 is 4.74 Å². The molecule has 0 amide bonds. The van der Waals surface area contributed by atoms with Crippen molar-refractivity contribution in [1.29, 1.82) is 0 Å².